The zero-order chi connectivity index (χ0) is 20.3. The van der Waals surface area contributed by atoms with Crippen molar-refractivity contribution in [2.24, 2.45) is 0 Å². The molecule has 9 nitrogen and oxygen atoms in total. The van der Waals surface area contributed by atoms with E-state index in [1.54, 1.807) is 22.8 Å². The highest BCUT2D eigenvalue weighted by Gasteiger charge is 2.42. The second kappa shape index (κ2) is 8.81. The summed E-state index contributed by atoms with van der Waals surface area (Å²) >= 11 is 0. The lowest BCUT2D eigenvalue weighted by atomic mass is 9.83. The number of ether oxygens (including phenoxy) is 3. The molecular weight excluding hydrogens is 378 g/mol. The van der Waals surface area contributed by atoms with E-state index in [0.717, 1.165) is 25.7 Å². The third-order valence-corrected chi connectivity index (χ3v) is 6.06. The maximum Gasteiger partial charge on any atom is 0.276 e. The van der Waals surface area contributed by atoms with Crippen LogP contribution in [0.15, 0.2) is 10.6 Å². The van der Waals surface area contributed by atoms with Gasteiger partial charge in [-0.1, -0.05) is 5.16 Å². The van der Waals surface area contributed by atoms with Gasteiger partial charge in [-0.3, -0.25) is 9.59 Å². The molecule has 29 heavy (non-hydrogen) atoms. The molecule has 0 aromatic carbocycles. The summed E-state index contributed by atoms with van der Waals surface area (Å²) in [5, 5.41) is 3.83. The summed E-state index contributed by atoms with van der Waals surface area (Å²) in [7, 11) is 0. The fourth-order valence-electron chi connectivity index (χ4n) is 4.31. The molecule has 1 aromatic rings. The molecule has 0 aliphatic carbocycles. The Morgan fingerprint density at radius 3 is 2.62 bits per heavy atom. The topological polar surface area (TPSA) is 94.3 Å². The number of likely N-dealkylation sites (tertiary alicyclic amines) is 1. The minimum atomic E-state index is -0.276. The predicted octanol–water partition coefficient (Wildman–Crippen LogP) is 1.01. The van der Waals surface area contributed by atoms with E-state index in [9.17, 15) is 9.59 Å². The molecule has 0 saturated carbocycles. The summed E-state index contributed by atoms with van der Waals surface area (Å²) in [6, 6.07) is 1.67. The second-order valence-corrected chi connectivity index (χ2v) is 8.07. The first kappa shape index (κ1) is 20.3. The van der Waals surface area contributed by atoms with E-state index in [1.165, 1.54) is 0 Å². The molecule has 1 unspecified atom stereocenters. The molecule has 2 amide bonds. The second-order valence-electron chi connectivity index (χ2n) is 8.07. The van der Waals surface area contributed by atoms with Crippen LogP contribution < -0.4 is 0 Å². The number of carbonyl (C=O) groups excluding carboxylic acids is 2. The Hall–Kier alpha value is -1.97. The van der Waals surface area contributed by atoms with Gasteiger partial charge in [0.25, 0.3) is 5.91 Å². The van der Waals surface area contributed by atoms with E-state index in [1.807, 2.05) is 0 Å². The van der Waals surface area contributed by atoms with Gasteiger partial charge in [0.05, 0.1) is 24.9 Å². The fraction of sp³-hybridized carbons (Fsp3) is 0.750. The van der Waals surface area contributed by atoms with Crippen LogP contribution in [0, 0.1) is 6.92 Å². The highest BCUT2D eigenvalue weighted by atomic mass is 16.5. The monoisotopic (exact) mass is 407 g/mol. The van der Waals surface area contributed by atoms with Gasteiger partial charge in [0.2, 0.25) is 5.91 Å². The van der Waals surface area contributed by atoms with Crippen molar-refractivity contribution in [2.75, 3.05) is 52.6 Å². The van der Waals surface area contributed by atoms with E-state index in [4.69, 9.17) is 18.7 Å². The number of hydrogen-bond acceptors (Lipinski definition) is 7. The molecule has 9 heteroatoms. The molecule has 3 saturated heterocycles. The third kappa shape index (κ3) is 4.79. The van der Waals surface area contributed by atoms with Gasteiger partial charge in [0.15, 0.2) is 5.69 Å². The molecule has 160 valence electrons. The normalized spacial score (nSPS) is 24.7. The van der Waals surface area contributed by atoms with Crippen LogP contribution in [0.2, 0.25) is 0 Å². The standard InChI is InChI=1S/C20H29N3O6/c1-15-12-17(21-29-15)19(25)23-5-3-20(4-6-23)13-16(2-9-28-20)27-14-18(24)22-7-10-26-11-8-22/h12,16H,2-11,13-14H2,1H3. The van der Waals surface area contributed by atoms with Gasteiger partial charge in [-0.25, -0.2) is 0 Å². The molecule has 1 atom stereocenters. The van der Waals surface area contributed by atoms with Crippen molar-refractivity contribution < 1.29 is 28.3 Å². The van der Waals surface area contributed by atoms with Crippen molar-refractivity contribution in [3.63, 3.8) is 0 Å². The van der Waals surface area contributed by atoms with E-state index >= 15 is 0 Å². The van der Waals surface area contributed by atoms with E-state index in [0.29, 0.717) is 57.5 Å². The van der Waals surface area contributed by atoms with Crippen LogP contribution >= 0.6 is 0 Å². The summed E-state index contributed by atoms with van der Waals surface area (Å²) in [4.78, 5) is 28.5. The highest BCUT2D eigenvalue weighted by Crippen LogP contribution is 2.36. The highest BCUT2D eigenvalue weighted by molar-refractivity contribution is 5.92. The average molecular weight is 407 g/mol. The van der Waals surface area contributed by atoms with Crippen molar-refractivity contribution in [1.29, 1.82) is 0 Å². The molecule has 4 heterocycles. The van der Waals surface area contributed by atoms with Crippen molar-refractivity contribution in [3.8, 4) is 0 Å². The lowest BCUT2D eigenvalue weighted by Gasteiger charge is -2.46. The van der Waals surface area contributed by atoms with E-state index < -0.39 is 0 Å². The minimum Gasteiger partial charge on any atom is -0.378 e. The van der Waals surface area contributed by atoms with Gasteiger partial charge in [0.1, 0.15) is 12.4 Å². The maximum atomic E-state index is 12.6. The first-order valence-corrected chi connectivity index (χ1v) is 10.4. The van der Waals surface area contributed by atoms with E-state index in [-0.39, 0.29) is 30.1 Å². The quantitative estimate of drug-likeness (QED) is 0.735. The number of carbonyl (C=O) groups is 2. The summed E-state index contributed by atoms with van der Waals surface area (Å²) < 4.78 is 22.4. The molecule has 3 aliphatic heterocycles. The zero-order valence-corrected chi connectivity index (χ0v) is 16.9. The van der Waals surface area contributed by atoms with Gasteiger partial charge >= 0.3 is 0 Å². The Kier molecular flexibility index (Phi) is 6.17. The number of aryl methyl sites for hydroxylation is 1. The molecule has 4 rings (SSSR count). The number of aromatic nitrogens is 1. The largest absolute Gasteiger partial charge is 0.378 e. The molecule has 1 spiro atoms. The van der Waals surface area contributed by atoms with Gasteiger partial charge in [-0.2, -0.15) is 0 Å². The maximum absolute atomic E-state index is 12.6. The van der Waals surface area contributed by atoms with Gasteiger partial charge in [-0.05, 0) is 26.2 Å². The smallest absolute Gasteiger partial charge is 0.276 e. The van der Waals surface area contributed by atoms with Gasteiger partial charge < -0.3 is 28.5 Å². The molecule has 3 fully saturated rings. The summed E-state index contributed by atoms with van der Waals surface area (Å²) in [5.74, 6) is 0.553. The number of hydrogen-bond donors (Lipinski definition) is 0. The SMILES string of the molecule is Cc1cc(C(=O)N2CCC3(CC2)CC(OCC(=O)N2CCOCC2)CCO3)no1. The molecule has 0 bridgehead atoms. The van der Waals surface area contributed by atoms with Crippen LogP contribution in [0.25, 0.3) is 0 Å². The Balaban J connectivity index is 1.26. The summed E-state index contributed by atoms with van der Waals surface area (Å²) in [6.07, 6.45) is 3.07. The minimum absolute atomic E-state index is 0.00850. The zero-order valence-electron chi connectivity index (χ0n) is 16.9. The van der Waals surface area contributed by atoms with Crippen LogP contribution in [0.1, 0.15) is 41.9 Å². The third-order valence-electron chi connectivity index (χ3n) is 6.06. The van der Waals surface area contributed by atoms with Gasteiger partial charge in [-0.15, -0.1) is 0 Å². The van der Waals surface area contributed by atoms with Crippen LogP contribution in [0.3, 0.4) is 0 Å². The molecule has 0 N–H and O–H groups in total. The number of amides is 2. The average Bonchev–Trinajstić information content (AvgIpc) is 3.19. The molecule has 3 aliphatic rings. The fourth-order valence-corrected chi connectivity index (χ4v) is 4.31. The van der Waals surface area contributed by atoms with Crippen molar-refractivity contribution in [2.45, 2.75) is 44.3 Å². The number of morpholine rings is 1. The summed E-state index contributed by atoms with van der Waals surface area (Å²) in [5.41, 5.74) is 0.0763. The van der Waals surface area contributed by atoms with Gasteiger partial charge in [0, 0.05) is 45.3 Å². The van der Waals surface area contributed by atoms with Crippen molar-refractivity contribution in [3.05, 3.63) is 17.5 Å². The van der Waals surface area contributed by atoms with E-state index in [2.05, 4.69) is 5.16 Å². The van der Waals surface area contributed by atoms with Crippen LogP contribution in [0.5, 0.6) is 0 Å². The lowest BCUT2D eigenvalue weighted by Crippen LogP contribution is -2.52. The lowest BCUT2D eigenvalue weighted by molar-refractivity contribution is -0.163. The number of rotatable bonds is 4. The Labute approximate surface area is 170 Å². The Morgan fingerprint density at radius 2 is 1.93 bits per heavy atom. The molecular formula is C20H29N3O6. The summed E-state index contributed by atoms with van der Waals surface area (Å²) in [6.45, 7) is 6.18. The van der Waals surface area contributed by atoms with Crippen LogP contribution in [-0.2, 0) is 19.0 Å². The molecule has 0 radical (unpaired) electrons. The predicted molar refractivity (Wildman–Crippen MR) is 101 cm³/mol. The number of nitrogens with zero attached hydrogens (tertiary/aromatic N) is 3. The number of piperidine rings is 1. The first-order valence-electron chi connectivity index (χ1n) is 10.4. The molecule has 1 aromatic heterocycles. The Morgan fingerprint density at radius 1 is 1.17 bits per heavy atom. The van der Waals surface area contributed by atoms with Crippen molar-refractivity contribution in [1.82, 2.24) is 15.0 Å². The van der Waals surface area contributed by atoms with Crippen LogP contribution in [0.4, 0.5) is 0 Å². The first-order chi connectivity index (χ1) is 14.0. The van der Waals surface area contributed by atoms with Crippen molar-refractivity contribution >= 4 is 11.8 Å². The van der Waals surface area contributed by atoms with Crippen LogP contribution in [-0.4, -0.2) is 91.1 Å². The Bertz CT molecular complexity index is 722.